The summed E-state index contributed by atoms with van der Waals surface area (Å²) in [6, 6.07) is 6.58. The van der Waals surface area contributed by atoms with E-state index in [1.165, 1.54) is 0 Å². The molecule has 1 heterocycles. The summed E-state index contributed by atoms with van der Waals surface area (Å²) in [5, 5.41) is 5.96. The Kier molecular flexibility index (Phi) is 9.14. The molecule has 0 aliphatic carbocycles. The van der Waals surface area contributed by atoms with Gasteiger partial charge in [0.1, 0.15) is 0 Å². The molecule has 1 aromatic heterocycles. The van der Waals surface area contributed by atoms with Crippen molar-refractivity contribution < 1.29 is 14.3 Å². The van der Waals surface area contributed by atoms with Gasteiger partial charge >= 0.3 is 6.03 Å². The van der Waals surface area contributed by atoms with Crippen LogP contribution in [0.1, 0.15) is 33.6 Å². The number of ether oxygens (including phenoxy) is 1. The fourth-order valence-electron chi connectivity index (χ4n) is 2.58. The van der Waals surface area contributed by atoms with Crippen molar-refractivity contribution in [3.63, 3.8) is 0 Å². The van der Waals surface area contributed by atoms with Crippen molar-refractivity contribution in [3.05, 3.63) is 34.6 Å². The number of nitrogens with zero attached hydrogens (tertiary/aromatic N) is 2. The van der Waals surface area contributed by atoms with E-state index in [-0.39, 0.29) is 17.4 Å². The Labute approximate surface area is 174 Å². The Bertz CT molecular complexity index is 900. The van der Waals surface area contributed by atoms with Gasteiger partial charge in [-0.25, -0.2) is 9.78 Å². The number of para-hydroxylation sites is 1. The van der Waals surface area contributed by atoms with E-state index in [1.54, 1.807) is 22.8 Å². The molecular weight excluding hydrogens is 392 g/mol. The first kappa shape index (κ1) is 22.9. The SMILES string of the molecule is CCOCCCn1c(SCC(=O)NC(=O)N[C@@H](C)CC)nc2ccccc2c1=O. The third-order valence-corrected chi connectivity index (χ3v) is 5.25. The summed E-state index contributed by atoms with van der Waals surface area (Å²) in [5.74, 6) is -0.469. The number of amides is 3. The lowest BCUT2D eigenvalue weighted by atomic mass is 10.2. The maximum Gasteiger partial charge on any atom is 0.321 e. The minimum absolute atomic E-state index is 0.0203. The highest BCUT2D eigenvalue weighted by atomic mass is 32.2. The van der Waals surface area contributed by atoms with Crippen LogP contribution in [-0.4, -0.2) is 46.5 Å². The maximum atomic E-state index is 12.9. The Morgan fingerprint density at radius 1 is 1.28 bits per heavy atom. The van der Waals surface area contributed by atoms with E-state index in [0.29, 0.717) is 42.2 Å². The lowest BCUT2D eigenvalue weighted by molar-refractivity contribution is -0.117. The molecule has 0 fully saturated rings. The first-order valence-electron chi connectivity index (χ1n) is 9.76. The summed E-state index contributed by atoms with van der Waals surface area (Å²) in [6.07, 6.45) is 1.43. The van der Waals surface area contributed by atoms with Gasteiger partial charge in [0.25, 0.3) is 5.56 Å². The minimum atomic E-state index is -0.523. The van der Waals surface area contributed by atoms with Crippen molar-refractivity contribution in [3.8, 4) is 0 Å². The molecule has 0 spiro atoms. The highest BCUT2D eigenvalue weighted by molar-refractivity contribution is 7.99. The zero-order chi connectivity index (χ0) is 21.2. The average molecular weight is 421 g/mol. The maximum absolute atomic E-state index is 12.9. The Morgan fingerprint density at radius 3 is 2.76 bits per heavy atom. The number of aromatic nitrogens is 2. The van der Waals surface area contributed by atoms with Crippen LogP contribution in [0, 0.1) is 0 Å². The Balaban J connectivity index is 2.12. The van der Waals surface area contributed by atoms with Gasteiger partial charge in [-0.1, -0.05) is 30.8 Å². The number of thioether (sulfide) groups is 1. The summed E-state index contributed by atoms with van der Waals surface area (Å²) in [5.41, 5.74) is 0.431. The van der Waals surface area contributed by atoms with Crippen LogP contribution in [0.2, 0.25) is 0 Å². The molecule has 0 bridgehead atoms. The summed E-state index contributed by atoms with van der Waals surface area (Å²) in [4.78, 5) is 41.4. The molecule has 2 rings (SSSR count). The normalized spacial score (nSPS) is 12.0. The van der Waals surface area contributed by atoms with Gasteiger partial charge in [0.15, 0.2) is 5.16 Å². The van der Waals surface area contributed by atoms with Crippen molar-refractivity contribution in [1.29, 1.82) is 0 Å². The molecule has 1 atom stereocenters. The molecule has 0 saturated carbocycles. The quantitative estimate of drug-likeness (QED) is 0.348. The predicted molar refractivity (Wildman–Crippen MR) is 114 cm³/mol. The molecule has 1 aromatic carbocycles. The largest absolute Gasteiger partial charge is 0.382 e. The third-order valence-electron chi connectivity index (χ3n) is 4.28. The lowest BCUT2D eigenvalue weighted by Crippen LogP contribution is -2.44. The molecule has 0 unspecified atom stereocenters. The van der Waals surface area contributed by atoms with E-state index in [0.717, 1.165) is 18.2 Å². The number of hydrogen-bond acceptors (Lipinski definition) is 6. The lowest BCUT2D eigenvalue weighted by Gasteiger charge is -2.14. The number of carbonyl (C=O) groups excluding carboxylic acids is 2. The van der Waals surface area contributed by atoms with Crippen molar-refractivity contribution in [2.75, 3.05) is 19.0 Å². The number of urea groups is 1. The second kappa shape index (κ2) is 11.6. The van der Waals surface area contributed by atoms with E-state index in [9.17, 15) is 14.4 Å². The van der Waals surface area contributed by atoms with Gasteiger partial charge < -0.3 is 10.1 Å². The standard InChI is InChI=1S/C20H28N4O4S/c1-4-14(3)21-19(27)23-17(25)13-29-20-22-16-10-7-6-9-15(16)18(26)24(20)11-8-12-28-5-2/h6-7,9-10,14H,4-5,8,11-13H2,1-3H3,(H2,21,23,25,27)/t14-/m0/s1. The molecule has 2 N–H and O–H groups in total. The van der Waals surface area contributed by atoms with E-state index < -0.39 is 11.9 Å². The molecule has 8 nitrogen and oxygen atoms in total. The highest BCUT2D eigenvalue weighted by Crippen LogP contribution is 2.18. The van der Waals surface area contributed by atoms with Crippen LogP contribution in [0.4, 0.5) is 4.79 Å². The van der Waals surface area contributed by atoms with Gasteiger partial charge in [-0.3, -0.25) is 19.5 Å². The number of benzene rings is 1. The zero-order valence-corrected chi connectivity index (χ0v) is 17.9. The van der Waals surface area contributed by atoms with Gasteiger partial charge in [-0.15, -0.1) is 0 Å². The van der Waals surface area contributed by atoms with Crippen molar-refractivity contribution in [2.24, 2.45) is 0 Å². The highest BCUT2D eigenvalue weighted by Gasteiger charge is 2.15. The summed E-state index contributed by atoms with van der Waals surface area (Å²) < 4.78 is 6.92. The topological polar surface area (TPSA) is 102 Å². The molecule has 158 valence electrons. The number of rotatable bonds is 10. The van der Waals surface area contributed by atoms with Crippen LogP contribution in [-0.2, 0) is 16.1 Å². The Hall–Kier alpha value is -2.39. The predicted octanol–water partition coefficient (Wildman–Crippen LogP) is 2.54. The molecule has 0 radical (unpaired) electrons. The fraction of sp³-hybridized carbons (Fsp3) is 0.500. The van der Waals surface area contributed by atoms with Crippen molar-refractivity contribution >= 4 is 34.6 Å². The molecular formula is C20H28N4O4S. The number of fused-ring (bicyclic) bond motifs is 1. The molecule has 0 saturated heterocycles. The van der Waals surface area contributed by atoms with E-state index >= 15 is 0 Å². The van der Waals surface area contributed by atoms with Crippen LogP contribution in [0.5, 0.6) is 0 Å². The van der Waals surface area contributed by atoms with Gasteiger partial charge in [0, 0.05) is 25.8 Å². The van der Waals surface area contributed by atoms with Gasteiger partial charge in [0.2, 0.25) is 5.91 Å². The van der Waals surface area contributed by atoms with E-state index in [4.69, 9.17) is 4.74 Å². The number of hydrogen-bond donors (Lipinski definition) is 2. The fourth-order valence-corrected chi connectivity index (χ4v) is 3.40. The molecule has 2 aromatic rings. The molecule has 0 aliphatic rings. The third kappa shape index (κ3) is 6.86. The van der Waals surface area contributed by atoms with E-state index in [1.807, 2.05) is 26.8 Å². The van der Waals surface area contributed by atoms with Crippen molar-refractivity contribution in [2.45, 2.75) is 51.4 Å². The minimum Gasteiger partial charge on any atom is -0.382 e. The van der Waals surface area contributed by atoms with Crippen LogP contribution in [0.25, 0.3) is 10.9 Å². The number of imide groups is 1. The summed E-state index contributed by atoms with van der Waals surface area (Å²) in [7, 11) is 0. The van der Waals surface area contributed by atoms with Gasteiger partial charge in [-0.2, -0.15) is 0 Å². The molecule has 29 heavy (non-hydrogen) atoms. The van der Waals surface area contributed by atoms with Crippen LogP contribution < -0.4 is 16.2 Å². The Morgan fingerprint density at radius 2 is 2.03 bits per heavy atom. The zero-order valence-electron chi connectivity index (χ0n) is 17.1. The molecule has 3 amide bonds. The first-order chi connectivity index (χ1) is 14.0. The molecule has 9 heteroatoms. The first-order valence-corrected chi connectivity index (χ1v) is 10.7. The second-order valence-electron chi connectivity index (χ2n) is 6.54. The number of nitrogens with one attached hydrogen (secondary N) is 2. The average Bonchev–Trinajstić information content (AvgIpc) is 2.71. The van der Waals surface area contributed by atoms with Crippen LogP contribution in [0.3, 0.4) is 0 Å². The summed E-state index contributed by atoms with van der Waals surface area (Å²) in [6.45, 7) is 7.31. The van der Waals surface area contributed by atoms with Crippen molar-refractivity contribution in [1.82, 2.24) is 20.2 Å². The molecule has 0 aliphatic heterocycles. The van der Waals surface area contributed by atoms with Crippen LogP contribution in [0.15, 0.2) is 34.2 Å². The monoisotopic (exact) mass is 420 g/mol. The second-order valence-corrected chi connectivity index (χ2v) is 7.48. The summed E-state index contributed by atoms with van der Waals surface area (Å²) >= 11 is 1.13. The van der Waals surface area contributed by atoms with Gasteiger partial charge in [-0.05, 0) is 38.8 Å². The van der Waals surface area contributed by atoms with Gasteiger partial charge in [0.05, 0.1) is 16.7 Å². The van der Waals surface area contributed by atoms with Crippen LogP contribution >= 0.6 is 11.8 Å². The smallest absolute Gasteiger partial charge is 0.321 e. The van der Waals surface area contributed by atoms with E-state index in [2.05, 4.69) is 15.6 Å². The number of carbonyl (C=O) groups is 2.